The van der Waals surface area contributed by atoms with E-state index in [9.17, 15) is 0 Å². The molecule has 0 aliphatic heterocycles. The molecular weight excluding hydrogens is 310 g/mol. The molecule has 2 aromatic rings. The van der Waals surface area contributed by atoms with E-state index in [1.54, 1.807) is 11.3 Å². The summed E-state index contributed by atoms with van der Waals surface area (Å²) in [5, 5.41) is 13.0. The zero-order valence-corrected chi connectivity index (χ0v) is 14.6. The number of aryl methyl sites for hydroxylation is 3. The van der Waals surface area contributed by atoms with Gasteiger partial charge >= 0.3 is 0 Å². The predicted octanol–water partition coefficient (Wildman–Crippen LogP) is 3.72. The average molecular weight is 333 g/mol. The van der Waals surface area contributed by atoms with E-state index in [2.05, 4.69) is 17.1 Å². The molecule has 1 aromatic heterocycles. The fraction of sp³-hybridized carbons (Fsp3) is 0.412. The summed E-state index contributed by atoms with van der Waals surface area (Å²) in [7, 11) is 0. The molecule has 0 atom stereocenters. The molecule has 0 spiro atoms. The number of anilines is 1. The number of nitrogens with zero attached hydrogens (tertiary/aromatic N) is 2. The Morgan fingerprint density at radius 2 is 2.22 bits per heavy atom. The number of thiazole rings is 1. The minimum Gasteiger partial charge on any atom is -0.493 e. The van der Waals surface area contributed by atoms with Gasteiger partial charge in [-0.15, -0.1) is 11.3 Å². The van der Waals surface area contributed by atoms with E-state index in [0.29, 0.717) is 17.9 Å². The lowest BCUT2D eigenvalue weighted by Crippen LogP contribution is -2.06. The molecule has 23 heavy (non-hydrogen) atoms. The van der Waals surface area contributed by atoms with Crippen LogP contribution in [0.15, 0.2) is 17.4 Å². The zero-order chi connectivity index (χ0) is 16.8. The number of hydrogen-bond donors (Lipinski definition) is 2. The third-order valence-corrected chi connectivity index (χ3v) is 4.89. The van der Waals surface area contributed by atoms with Crippen molar-refractivity contribution in [2.24, 2.45) is 5.16 Å². The van der Waals surface area contributed by atoms with Crippen molar-refractivity contribution < 1.29 is 9.94 Å². The number of nitrogen functional groups attached to an aromatic ring is 1. The third kappa shape index (κ3) is 4.22. The first-order valence-electron chi connectivity index (χ1n) is 7.70. The molecule has 0 radical (unpaired) electrons. The van der Waals surface area contributed by atoms with Gasteiger partial charge in [-0.2, -0.15) is 0 Å². The molecule has 124 valence electrons. The molecule has 0 saturated carbocycles. The Morgan fingerprint density at radius 1 is 1.43 bits per heavy atom. The van der Waals surface area contributed by atoms with E-state index in [1.165, 1.54) is 16.1 Å². The van der Waals surface area contributed by atoms with Crippen molar-refractivity contribution in [2.45, 2.75) is 40.0 Å². The second-order valence-electron chi connectivity index (χ2n) is 5.42. The van der Waals surface area contributed by atoms with Gasteiger partial charge in [0.15, 0.2) is 0 Å². The van der Waals surface area contributed by atoms with Crippen LogP contribution in [-0.2, 0) is 12.8 Å². The van der Waals surface area contributed by atoms with Gasteiger partial charge in [-0.25, -0.2) is 4.98 Å². The summed E-state index contributed by atoms with van der Waals surface area (Å²) in [4.78, 5) is 5.66. The number of nitrogens with two attached hydrogens (primary N) is 1. The molecule has 0 aliphatic carbocycles. The van der Waals surface area contributed by atoms with Gasteiger partial charge in [-0.3, -0.25) is 0 Å². The Morgan fingerprint density at radius 3 is 2.87 bits per heavy atom. The standard InChI is InChI=1S/C17H23N3O2S/c1-4-16-19-9-13(23-16)6-5-7-22-17-11(2)8-15(18)14(10-20-21)12(17)3/h8-10,21H,4-7,18H2,1-3H3. The van der Waals surface area contributed by atoms with Crippen molar-refractivity contribution in [3.05, 3.63) is 38.8 Å². The van der Waals surface area contributed by atoms with Crippen molar-refractivity contribution in [1.82, 2.24) is 4.98 Å². The van der Waals surface area contributed by atoms with Crippen LogP contribution < -0.4 is 10.5 Å². The first kappa shape index (κ1) is 17.3. The lowest BCUT2D eigenvalue weighted by molar-refractivity contribution is 0.307. The summed E-state index contributed by atoms with van der Waals surface area (Å²) in [5.41, 5.74) is 9.12. The Balaban J connectivity index is 1.98. The van der Waals surface area contributed by atoms with E-state index in [0.717, 1.165) is 36.1 Å². The summed E-state index contributed by atoms with van der Waals surface area (Å²) in [6.07, 6.45) is 6.19. The molecule has 0 saturated heterocycles. The van der Waals surface area contributed by atoms with Crippen molar-refractivity contribution in [3.63, 3.8) is 0 Å². The van der Waals surface area contributed by atoms with Crippen LogP contribution in [0.1, 0.15) is 39.9 Å². The molecule has 0 amide bonds. The van der Waals surface area contributed by atoms with Gasteiger partial charge in [-0.1, -0.05) is 12.1 Å². The number of hydrogen-bond acceptors (Lipinski definition) is 6. The quantitative estimate of drug-likeness (QED) is 0.266. The van der Waals surface area contributed by atoms with Crippen molar-refractivity contribution >= 4 is 23.2 Å². The minimum atomic E-state index is 0.585. The Labute approximate surface area is 140 Å². The fourth-order valence-corrected chi connectivity index (χ4v) is 3.41. The number of oxime groups is 1. The Bertz CT molecular complexity index is 695. The molecule has 0 bridgehead atoms. The third-order valence-electron chi connectivity index (χ3n) is 3.69. The van der Waals surface area contributed by atoms with Crippen LogP contribution in [0.25, 0.3) is 0 Å². The number of aromatic nitrogens is 1. The first-order valence-corrected chi connectivity index (χ1v) is 8.52. The largest absolute Gasteiger partial charge is 0.493 e. The van der Waals surface area contributed by atoms with Crippen LogP contribution in [0.4, 0.5) is 5.69 Å². The van der Waals surface area contributed by atoms with E-state index >= 15 is 0 Å². The SMILES string of the molecule is CCc1ncc(CCCOc2c(C)cc(N)c(C=NO)c2C)s1. The number of ether oxygens (including phenoxy) is 1. The second kappa shape index (κ2) is 7.97. The van der Waals surface area contributed by atoms with Crippen LogP contribution >= 0.6 is 11.3 Å². The van der Waals surface area contributed by atoms with Gasteiger partial charge < -0.3 is 15.7 Å². The highest BCUT2D eigenvalue weighted by molar-refractivity contribution is 7.11. The Kier molecular flexibility index (Phi) is 5.98. The molecular formula is C17H23N3O2S. The molecule has 5 nitrogen and oxygen atoms in total. The summed E-state index contributed by atoms with van der Waals surface area (Å²) in [6, 6.07) is 1.84. The van der Waals surface area contributed by atoms with Gasteiger partial charge in [0.2, 0.25) is 0 Å². The van der Waals surface area contributed by atoms with Crippen LogP contribution in [0.3, 0.4) is 0 Å². The van der Waals surface area contributed by atoms with Crippen molar-refractivity contribution in [1.29, 1.82) is 0 Å². The maximum atomic E-state index is 8.76. The topological polar surface area (TPSA) is 80.7 Å². The van der Waals surface area contributed by atoms with Gasteiger partial charge in [0, 0.05) is 27.9 Å². The predicted molar refractivity (Wildman–Crippen MR) is 95.0 cm³/mol. The van der Waals surface area contributed by atoms with Gasteiger partial charge in [0.25, 0.3) is 0 Å². The highest BCUT2D eigenvalue weighted by atomic mass is 32.1. The average Bonchev–Trinajstić information content (AvgIpc) is 2.98. The van der Waals surface area contributed by atoms with E-state index in [1.807, 2.05) is 26.1 Å². The molecule has 0 unspecified atom stereocenters. The highest BCUT2D eigenvalue weighted by Gasteiger charge is 2.12. The molecule has 0 fully saturated rings. The Hall–Kier alpha value is -2.08. The van der Waals surface area contributed by atoms with Crippen LogP contribution in [0, 0.1) is 13.8 Å². The van der Waals surface area contributed by atoms with Crippen molar-refractivity contribution in [3.8, 4) is 5.75 Å². The highest BCUT2D eigenvalue weighted by Crippen LogP contribution is 2.30. The lowest BCUT2D eigenvalue weighted by atomic mass is 10.0. The lowest BCUT2D eigenvalue weighted by Gasteiger charge is -2.15. The molecule has 2 rings (SSSR count). The van der Waals surface area contributed by atoms with Gasteiger partial charge in [0.1, 0.15) is 5.75 Å². The van der Waals surface area contributed by atoms with E-state index < -0.39 is 0 Å². The van der Waals surface area contributed by atoms with E-state index in [4.69, 9.17) is 15.7 Å². The van der Waals surface area contributed by atoms with Crippen LogP contribution in [0.2, 0.25) is 0 Å². The minimum absolute atomic E-state index is 0.585. The maximum Gasteiger partial charge on any atom is 0.125 e. The molecule has 1 aromatic carbocycles. The van der Waals surface area contributed by atoms with Crippen LogP contribution in [-0.4, -0.2) is 23.0 Å². The molecule has 0 aliphatic rings. The molecule has 3 N–H and O–H groups in total. The molecule has 1 heterocycles. The maximum absolute atomic E-state index is 8.76. The summed E-state index contributed by atoms with van der Waals surface area (Å²) >= 11 is 1.77. The van der Waals surface area contributed by atoms with Gasteiger partial charge in [0.05, 0.1) is 17.8 Å². The fourth-order valence-electron chi connectivity index (χ4n) is 2.51. The van der Waals surface area contributed by atoms with Gasteiger partial charge in [-0.05, 0) is 44.7 Å². The van der Waals surface area contributed by atoms with Crippen molar-refractivity contribution in [2.75, 3.05) is 12.3 Å². The molecule has 6 heteroatoms. The second-order valence-corrected chi connectivity index (χ2v) is 6.62. The summed E-state index contributed by atoms with van der Waals surface area (Å²) in [6.45, 7) is 6.63. The number of rotatable bonds is 7. The van der Waals surface area contributed by atoms with E-state index in [-0.39, 0.29) is 0 Å². The van der Waals surface area contributed by atoms with Crippen LogP contribution in [0.5, 0.6) is 5.75 Å². The summed E-state index contributed by atoms with van der Waals surface area (Å²) in [5.74, 6) is 0.813. The monoisotopic (exact) mass is 333 g/mol. The zero-order valence-electron chi connectivity index (χ0n) is 13.8. The summed E-state index contributed by atoms with van der Waals surface area (Å²) < 4.78 is 5.95. The normalized spacial score (nSPS) is 11.3. The first-order chi connectivity index (χ1) is 11.1. The smallest absolute Gasteiger partial charge is 0.125 e. The number of benzene rings is 1.